The highest BCUT2D eigenvalue weighted by Crippen LogP contribution is 2.33. The van der Waals surface area contributed by atoms with Crippen LogP contribution in [0.2, 0.25) is 0 Å². The number of hydrogen-bond acceptors (Lipinski definition) is 4. The summed E-state index contributed by atoms with van der Waals surface area (Å²) in [5.74, 6) is 1.40. The van der Waals surface area contributed by atoms with Crippen LogP contribution in [0.5, 0.6) is 0 Å². The summed E-state index contributed by atoms with van der Waals surface area (Å²) in [6.07, 6.45) is 3.43. The molecule has 1 aromatic carbocycles. The number of imidazole rings is 1. The maximum atomic E-state index is 13.1. The molecule has 0 bridgehead atoms. The summed E-state index contributed by atoms with van der Waals surface area (Å²) in [4.78, 5) is 23.0. The van der Waals surface area contributed by atoms with Gasteiger partial charge in [0.2, 0.25) is 0 Å². The average Bonchev–Trinajstić information content (AvgIpc) is 3.46. The predicted molar refractivity (Wildman–Crippen MR) is 100 cm³/mol. The second-order valence-electron chi connectivity index (χ2n) is 6.94. The smallest absolute Gasteiger partial charge is 0.274 e. The zero-order valence-electron chi connectivity index (χ0n) is 14.9. The Bertz CT molecular complexity index is 1110. The first kappa shape index (κ1) is 15.9. The molecule has 7 heteroatoms. The van der Waals surface area contributed by atoms with Crippen LogP contribution in [0.15, 0.2) is 47.1 Å². The molecule has 1 amide bonds. The van der Waals surface area contributed by atoms with Gasteiger partial charge in [-0.05, 0) is 49.6 Å². The number of carbonyl (C=O) groups excluding carboxylic acids is 1. The third kappa shape index (κ3) is 2.71. The molecule has 4 heterocycles. The zero-order valence-corrected chi connectivity index (χ0v) is 14.9. The molecule has 4 aromatic rings. The summed E-state index contributed by atoms with van der Waals surface area (Å²) >= 11 is 0. The summed E-state index contributed by atoms with van der Waals surface area (Å²) < 4.78 is 5.36. The number of nitrogens with zero attached hydrogens (tertiary/aromatic N) is 3. The van der Waals surface area contributed by atoms with Crippen molar-refractivity contribution in [3.8, 4) is 11.5 Å². The highest BCUT2D eigenvalue weighted by Gasteiger charge is 2.33. The molecule has 1 fully saturated rings. The molecule has 0 aliphatic carbocycles. The van der Waals surface area contributed by atoms with Gasteiger partial charge >= 0.3 is 0 Å². The molecule has 27 heavy (non-hydrogen) atoms. The van der Waals surface area contributed by atoms with Gasteiger partial charge in [-0.2, -0.15) is 5.10 Å². The molecule has 0 spiro atoms. The first-order chi connectivity index (χ1) is 13.2. The van der Waals surface area contributed by atoms with E-state index in [1.807, 2.05) is 23.1 Å². The Labute approximate surface area is 155 Å². The van der Waals surface area contributed by atoms with Gasteiger partial charge in [-0.25, -0.2) is 4.98 Å². The Morgan fingerprint density at radius 2 is 2.22 bits per heavy atom. The SMILES string of the molecule is Cc1ccc2nc(C3CCCN3C(=O)c3cc(-c4ccco4)[nH]n3)[nH]c2c1. The number of likely N-dealkylation sites (tertiary alicyclic amines) is 1. The second-order valence-corrected chi connectivity index (χ2v) is 6.94. The van der Waals surface area contributed by atoms with Gasteiger partial charge < -0.3 is 14.3 Å². The predicted octanol–water partition coefficient (Wildman–Crippen LogP) is 3.83. The van der Waals surface area contributed by atoms with Crippen molar-refractivity contribution in [3.63, 3.8) is 0 Å². The van der Waals surface area contributed by atoms with Gasteiger partial charge in [0.1, 0.15) is 11.5 Å². The van der Waals surface area contributed by atoms with Gasteiger partial charge in [0.05, 0.1) is 23.3 Å². The molecule has 2 N–H and O–H groups in total. The lowest BCUT2D eigenvalue weighted by Crippen LogP contribution is -2.31. The molecule has 3 aromatic heterocycles. The second kappa shape index (κ2) is 6.12. The van der Waals surface area contributed by atoms with Crippen molar-refractivity contribution in [3.05, 3.63) is 59.7 Å². The van der Waals surface area contributed by atoms with Crippen LogP contribution >= 0.6 is 0 Å². The van der Waals surface area contributed by atoms with Crippen LogP contribution in [0.25, 0.3) is 22.5 Å². The van der Waals surface area contributed by atoms with Crippen LogP contribution in [0.3, 0.4) is 0 Å². The largest absolute Gasteiger partial charge is 0.463 e. The molecular weight excluding hydrogens is 342 g/mol. The number of benzene rings is 1. The van der Waals surface area contributed by atoms with Crippen molar-refractivity contribution in [2.75, 3.05) is 6.54 Å². The van der Waals surface area contributed by atoms with Crippen LogP contribution in [-0.2, 0) is 0 Å². The Balaban J connectivity index is 1.44. The number of hydrogen-bond donors (Lipinski definition) is 2. The van der Waals surface area contributed by atoms with Crippen LogP contribution in [0.4, 0.5) is 0 Å². The van der Waals surface area contributed by atoms with Gasteiger partial charge in [0.15, 0.2) is 11.5 Å². The molecule has 1 saturated heterocycles. The minimum absolute atomic E-state index is 0.0611. The van der Waals surface area contributed by atoms with E-state index in [0.29, 0.717) is 23.7 Å². The van der Waals surface area contributed by atoms with Crippen LogP contribution < -0.4 is 0 Å². The quantitative estimate of drug-likeness (QED) is 0.580. The fourth-order valence-electron chi connectivity index (χ4n) is 3.73. The van der Waals surface area contributed by atoms with Gasteiger partial charge in [0, 0.05) is 12.6 Å². The van der Waals surface area contributed by atoms with Crippen LogP contribution in [0, 0.1) is 6.92 Å². The first-order valence-electron chi connectivity index (χ1n) is 9.05. The number of nitrogens with one attached hydrogen (secondary N) is 2. The van der Waals surface area contributed by atoms with Gasteiger partial charge in [-0.3, -0.25) is 9.89 Å². The topological polar surface area (TPSA) is 90.8 Å². The fraction of sp³-hybridized carbons (Fsp3) is 0.250. The van der Waals surface area contributed by atoms with Crippen LogP contribution in [-0.4, -0.2) is 37.5 Å². The van der Waals surface area contributed by atoms with Crippen molar-refractivity contribution in [1.82, 2.24) is 25.1 Å². The standard InChI is InChI=1S/C20H19N5O2/c1-12-6-7-13-14(10-12)22-19(21-13)17-4-2-8-25(17)20(26)16-11-15(23-24-16)18-5-3-9-27-18/h3,5-7,9-11,17H,2,4,8H2,1H3,(H,21,22)(H,23,24). The molecule has 136 valence electrons. The van der Waals surface area contributed by atoms with Gasteiger partial charge in [-0.15, -0.1) is 0 Å². The number of fused-ring (bicyclic) bond motifs is 1. The number of rotatable bonds is 3. The van der Waals surface area contributed by atoms with Crippen molar-refractivity contribution in [1.29, 1.82) is 0 Å². The molecule has 0 saturated carbocycles. The van der Waals surface area contributed by atoms with Crippen molar-refractivity contribution < 1.29 is 9.21 Å². The third-order valence-corrected chi connectivity index (χ3v) is 5.07. The Morgan fingerprint density at radius 1 is 1.30 bits per heavy atom. The lowest BCUT2D eigenvalue weighted by molar-refractivity contribution is 0.0724. The summed E-state index contributed by atoms with van der Waals surface area (Å²) in [7, 11) is 0. The fourth-order valence-corrected chi connectivity index (χ4v) is 3.73. The normalized spacial score (nSPS) is 17.1. The number of carbonyl (C=O) groups is 1. The summed E-state index contributed by atoms with van der Waals surface area (Å²) in [6, 6.07) is 11.4. The van der Waals surface area contributed by atoms with E-state index in [9.17, 15) is 4.79 Å². The molecule has 1 aliphatic rings. The van der Waals surface area contributed by atoms with Gasteiger partial charge in [0.25, 0.3) is 5.91 Å². The van der Waals surface area contributed by atoms with Gasteiger partial charge in [-0.1, -0.05) is 6.07 Å². The molecule has 1 aliphatic heterocycles. The minimum atomic E-state index is -0.0943. The first-order valence-corrected chi connectivity index (χ1v) is 9.05. The Hall–Kier alpha value is -3.35. The van der Waals surface area contributed by atoms with Crippen molar-refractivity contribution >= 4 is 16.9 Å². The lowest BCUT2D eigenvalue weighted by Gasteiger charge is -2.22. The summed E-state index contributed by atoms with van der Waals surface area (Å²) in [6.45, 7) is 2.75. The number of furan rings is 1. The van der Waals surface area contributed by atoms with E-state index in [0.717, 1.165) is 29.7 Å². The van der Waals surface area contributed by atoms with E-state index < -0.39 is 0 Å². The number of aromatic nitrogens is 4. The molecule has 5 rings (SSSR count). The van der Waals surface area contributed by atoms with E-state index in [4.69, 9.17) is 9.40 Å². The number of H-pyrrole nitrogens is 2. The average molecular weight is 361 g/mol. The van der Waals surface area contributed by atoms with Crippen molar-refractivity contribution in [2.45, 2.75) is 25.8 Å². The molecule has 0 radical (unpaired) electrons. The zero-order chi connectivity index (χ0) is 18.4. The molecule has 7 nitrogen and oxygen atoms in total. The van der Waals surface area contributed by atoms with E-state index in [1.54, 1.807) is 18.4 Å². The Kier molecular flexibility index (Phi) is 3.60. The van der Waals surface area contributed by atoms with E-state index in [2.05, 4.69) is 28.2 Å². The van der Waals surface area contributed by atoms with E-state index >= 15 is 0 Å². The molecular formula is C20H19N5O2. The number of aromatic amines is 2. The number of aryl methyl sites for hydroxylation is 1. The summed E-state index contributed by atoms with van der Waals surface area (Å²) in [5.41, 5.74) is 4.19. The lowest BCUT2D eigenvalue weighted by atomic mass is 10.2. The van der Waals surface area contributed by atoms with Crippen molar-refractivity contribution in [2.24, 2.45) is 0 Å². The molecule has 1 atom stereocenters. The van der Waals surface area contributed by atoms with Crippen LogP contribution in [0.1, 0.15) is 40.8 Å². The monoisotopic (exact) mass is 361 g/mol. The maximum absolute atomic E-state index is 13.1. The summed E-state index contributed by atoms with van der Waals surface area (Å²) in [5, 5.41) is 7.07. The molecule has 1 unspecified atom stereocenters. The maximum Gasteiger partial charge on any atom is 0.274 e. The highest BCUT2D eigenvalue weighted by atomic mass is 16.3. The minimum Gasteiger partial charge on any atom is -0.463 e. The Morgan fingerprint density at radius 3 is 3.07 bits per heavy atom. The van der Waals surface area contributed by atoms with E-state index in [-0.39, 0.29) is 11.9 Å². The third-order valence-electron chi connectivity index (χ3n) is 5.07. The van der Waals surface area contributed by atoms with E-state index in [1.165, 1.54) is 5.56 Å². The highest BCUT2D eigenvalue weighted by molar-refractivity contribution is 5.93. The number of amides is 1.